The average molecular weight is 515 g/mol. The van der Waals surface area contributed by atoms with Crippen molar-refractivity contribution in [3.05, 3.63) is 133 Å². The third kappa shape index (κ3) is 3.58. The summed E-state index contributed by atoms with van der Waals surface area (Å²) in [5.41, 5.74) is 8.10. The molecule has 40 heavy (non-hydrogen) atoms. The lowest BCUT2D eigenvalue weighted by atomic mass is 10.1. The lowest BCUT2D eigenvalue weighted by Gasteiger charge is -2.09. The molecule has 5 aromatic carbocycles. The highest BCUT2D eigenvalue weighted by molar-refractivity contribution is 5.93. The van der Waals surface area contributed by atoms with Gasteiger partial charge in [-0.2, -0.15) is 9.97 Å². The van der Waals surface area contributed by atoms with Crippen LogP contribution in [0, 0.1) is 0 Å². The van der Waals surface area contributed by atoms with Gasteiger partial charge in [0.25, 0.3) is 0 Å². The van der Waals surface area contributed by atoms with Gasteiger partial charge in [-0.25, -0.2) is 14.5 Å². The average Bonchev–Trinajstić information content (AvgIpc) is 3.56. The zero-order valence-electron chi connectivity index (χ0n) is 21.4. The number of benzene rings is 5. The van der Waals surface area contributed by atoms with Gasteiger partial charge in [0.2, 0.25) is 11.7 Å². The summed E-state index contributed by atoms with van der Waals surface area (Å²) in [6.45, 7) is 0. The Bertz CT molecular complexity index is 2090. The molecule has 0 spiro atoms. The summed E-state index contributed by atoms with van der Waals surface area (Å²) in [7, 11) is 0. The number of hydrogen-bond acceptors (Lipinski definition) is 4. The normalized spacial score (nSPS) is 11.5. The molecule has 6 nitrogen and oxygen atoms in total. The number of rotatable bonds is 4. The predicted octanol–water partition coefficient (Wildman–Crippen LogP) is 7.62. The second-order valence-corrected chi connectivity index (χ2v) is 9.66. The second-order valence-electron chi connectivity index (χ2n) is 9.66. The highest BCUT2D eigenvalue weighted by Gasteiger charge is 2.21. The molecule has 0 N–H and O–H groups in total. The Labute approximate surface area is 229 Å². The maximum atomic E-state index is 5.15. The van der Waals surface area contributed by atoms with E-state index in [2.05, 4.69) is 65.1 Å². The number of fused-ring (bicyclic) bond motifs is 5. The Kier molecular flexibility index (Phi) is 5.03. The van der Waals surface area contributed by atoms with Gasteiger partial charge in [-0.1, -0.05) is 109 Å². The molecule has 0 saturated carbocycles. The molecule has 3 heterocycles. The van der Waals surface area contributed by atoms with E-state index in [0.717, 1.165) is 50.1 Å². The first-order chi connectivity index (χ1) is 19.8. The molecule has 0 saturated heterocycles. The summed E-state index contributed by atoms with van der Waals surface area (Å²) < 4.78 is 4.23. The SMILES string of the molecule is c1ccc(-c2ccc3c(c2)nc2n(-c4nc(-c5ccccc5)nc(-c5ccccc5)n4)c4ccccc4n32)cc1. The van der Waals surface area contributed by atoms with Gasteiger partial charge in [0.15, 0.2) is 11.6 Å². The topological polar surface area (TPSA) is 60.9 Å². The fourth-order valence-electron chi connectivity index (χ4n) is 5.31. The number of nitrogens with zero attached hydrogens (tertiary/aromatic N) is 6. The van der Waals surface area contributed by atoms with Crippen molar-refractivity contribution in [3.8, 4) is 39.9 Å². The Morgan fingerprint density at radius 2 is 0.950 bits per heavy atom. The van der Waals surface area contributed by atoms with E-state index in [-0.39, 0.29) is 0 Å². The van der Waals surface area contributed by atoms with E-state index in [1.165, 1.54) is 0 Å². The molecule has 0 unspecified atom stereocenters. The van der Waals surface area contributed by atoms with Crippen molar-refractivity contribution < 1.29 is 0 Å². The third-order valence-electron chi connectivity index (χ3n) is 7.20. The summed E-state index contributed by atoms with van der Waals surface area (Å²) in [6, 6.07) is 45.2. The maximum Gasteiger partial charge on any atom is 0.241 e. The first-order valence-corrected chi connectivity index (χ1v) is 13.2. The van der Waals surface area contributed by atoms with E-state index in [1.807, 2.05) is 77.4 Å². The van der Waals surface area contributed by atoms with Crippen molar-refractivity contribution in [1.29, 1.82) is 0 Å². The minimum Gasteiger partial charge on any atom is -0.276 e. The van der Waals surface area contributed by atoms with E-state index < -0.39 is 0 Å². The third-order valence-corrected chi connectivity index (χ3v) is 7.20. The van der Waals surface area contributed by atoms with Gasteiger partial charge in [-0.15, -0.1) is 0 Å². The van der Waals surface area contributed by atoms with Crippen molar-refractivity contribution >= 4 is 27.8 Å². The van der Waals surface area contributed by atoms with Crippen molar-refractivity contribution in [3.63, 3.8) is 0 Å². The number of imidazole rings is 2. The molecule has 0 amide bonds. The molecule has 6 heteroatoms. The van der Waals surface area contributed by atoms with Gasteiger partial charge in [-0.05, 0) is 35.4 Å². The van der Waals surface area contributed by atoms with Crippen LogP contribution in [0.5, 0.6) is 0 Å². The van der Waals surface area contributed by atoms with Crippen LogP contribution in [-0.2, 0) is 0 Å². The minimum absolute atomic E-state index is 0.525. The van der Waals surface area contributed by atoms with Gasteiger partial charge >= 0.3 is 0 Å². The molecule has 8 rings (SSSR count). The molecule has 0 aliphatic rings. The molecule has 0 radical (unpaired) electrons. The van der Waals surface area contributed by atoms with Gasteiger partial charge in [0, 0.05) is 11.1 Å². The van der Waals surface area contributed by atoms with Crippen LogP contribution in [0.2, 0.25) is 0 Å². The quantitative estimate of drug-likeness (QED) is 0.242. The molecular weight excluding hydrogens is 492 g/mol. The van der Waals surface area contributed by atoms with Crippen LogP contribution in [0.4, 0.5) is 0 Å². The maximum absolute atomic E-state index is 5.15. The fourth-order valence-corrected chi connectivity index (χ4v) is 5.31. The number of para-hydroxylation sites is 2. The summed E-state index contributed by atoms with van der Waals surface area (Å²) in [6.07, 6.45) is 0. The number of aromatic nitrogens is 6. The first kappa shape index (κ1) is 22.4. The van der Waals surface area contributed by atoms with Gasteiger partial charge in [0.05, 0.1) is 22.1 Å². The van der Waals surface area contributed by atoms with Crippen molar-refractivity contribution in [1.82, 2.24) is 28.9 Å². The summed E-state index contributed by atoms with van der Waals surface area (Å²) in [5, 5.41) is 0. The highest BCUT2D eigenvalue weighted by atomic mass is 15.3. The Morgan fingerprint density at radius 1 is 0.400 bits per heavy atom. The van der Waals surface area contributed by atoms with Gasteiger partial charge < -0.3 is 0 Å². The zero-order valence-corrected chi connectivity index (χ0v) is 21.4. The highest BCUT2D eigenvalue weighted by Crippen LogP contribution is 2.31. The van der Waals surface area contributed by atoms with Crippen molar-refractivity contribution in [2.24, 2.45) is 0 Å². The summed E-state index contributed by atoms with van der Waals surface area (Å²) >= 11 is 0. The van der Waals surface area contributed by atoms with Crippen LogP contribution in [0.1, 0.15) is 0 Å². The molecule has 0 aliphatic carbocycles. The van der Waals surface area contributed by atoms with Crippen molar-refractivity contribution in [2.75, 3.05) is 0 Å². The van der Waals surface area contributed by atoms with Gasteiger partial charge in [0.1, 0.15) is 0 Å². The monoisotopic (exact) mass is 514 g/mol. The second kappa shape index (κ2) is 8.99. The smallest absolute Gasteiger partial charge is 0.241 e. The Hall–Kier alpha value is -5.62. The van der Waals surface area contributed by atoms with Crippen LogP contribution in [0.3, 0.4) is 0 Å². The lowest BCUT2D eigenvalue weighted by molar-refractivity contribution is 0.937. The van der Waals surface area contributed by atoms with Crippen LogP contribution >= 0.6 is 0 Å². The number of hydrogen-bond donors (Lipinski definition) is 0. The summed E-state index contributed by atoms with van der Waals surface area (Å²) in [4.78, 5) is 20.0. The van der Waals surface area contributed by atoms with Crippen molar-refractivity contribution in [2.45, 2.75) is 0 Å². The molecule has 0 fully saturated rings. The van der Waals surface area contributed by atoms with Gasteiger partial charge in [-0.3, -0.25) is 4.40 Å². The molecule has 8 aromatic rings. The molecule has 0 atom stereocenters. The van der Waals surface area contributed by atoms with Crippen LogP contribution in [0.15, 0.2) is 133 Å². The largest absolute Gasteiger partial charge is 0.276 e. The zero-order chi connectivity index (χ0) is 26.5. The van der Waals surface area contributed by atoms with E-state index in [9.17, 15) is 0 Å². The fraction of sp³-hybridized carbons (Fsp3) is 0. The van der Waals surface area contributed by atoms with Crippen LogP contribution in [0.25, 0.3) is 67.7 Å². The van der Waals surface area contributed by atoms with E-state index in [1.54, 1.807) is 0 Å². The first-order valence-electron chi connectivity index (χ1n) is 13.2. The molecule has 0 aliphatic heterocycles. The van der Waals surface area contributed by atoms with Crippen LogP contribution in [-0.4, -0.2) is 28.9 Å². The predicted molar refractivity (Wildman–Crippen MR) is 159 cm³/mol. The molecule has 0 bridgehead atoms. The molecule has 3 aromatic heterocycles. The molecular formula is C34H22N6. The van der Waals surface area contributed by atoms with Crippen LogP contribution < -0.4 is 0 Å². The Morgan fingerprint density at radius 3 is 1.57 bits per heavy atom. The minimum atomic E-state index is 0.525. The van der Waals surface area contributed by atoms with E-state index in [4.69, 9.17) is 19.9 Å². The van der Waals surface area contributed by atoms with E-state index >= 15 is 0 Å². The lowest BCUT2D eigenvalue weighted by Crippen LogP contribution is -2.06. The summed E-state index contributed by atoms with van der Waals surface area (Å²) in [5.74, 6) is 2.51. The standard InChI is InChI=1S/C34H22N6/c1-4-12-23(13-5-1)26-20-21-28-27(22-26)35-34-39(28)29-18-10-11-19-30(29)40(34)33-37-31(24-14-6-2-7-15-24)36-32(38-33)25-16-8-3-9-17-25/h1-22H. The Balaban J connectivity index is 1.42. The molecule has 188 valence electrons. The van der Waals surface area contributed by atoms with E-state index in [0.29, 0.717) is 17.6 Å².